The van der Waals surface area contributed by atoms with Crippen LogP contribution in [-0.4, -0.2) is 29.3 Å². The van der Waals surface area contributed by atoms with Crippen molar-refractivity contribution in [3.8, 4) is 11.3 Å². The maximum absolute atomic E-state index is 13.4. The number of amides is 2. The highest BCUT2D eigenvalue weighted by Crippen LogP contribution is 2.33. The van der Waals surface area contributed by atoms with Crippen LogP contribution < -0.4 is 15.5 Å². The van der Waals surface area contributed by atoms with E-state index in [4.69, 9.17) is 0 Å². The van der Waals surface area contributed by atoms with Crippen molar-refractivity contribution < 1.29 is 22.4 Å². The highest BCUT2D eigenvalue weighted by molar-refractivity contribution is 5.99. The molecule has 0 unspecified atom stereocenters. The number of anilines is 3. The van der Waals surface area contributed by atoms with Gasteiger partial charge in [-0.05, 0) is 61.2 Å². The molecule has 4 rings (SSSR count). The topological polar surface area (TPSA) is 70.2 Å². The van der Waals surface area contributed by atoms with Gasteiger partial charge in [-0.1, -0.05) is 19.1 Å². The molecule has 0 bridgehead atoms. The molecule has 10 heteroatoms. The van der Waals surface area contributed by atoms with E-state index in [9.17, 15) is 22.4 Å². The minimum Gasteiger partial charge on any atom is -0.355 e. The number of hydrogen-bond donors (Lipinski definition) is 2. The molecule has 0 aliphatic carbocycles. The number of carbonyl (C=O) groups excluding carboxylic acids is 1. The first-order valence-corrected chi connectivity index (χ1v) is 10.8. The Morgan fingerprint density at radius 1 is 0.941 bits per heavy atom. The summed E-state index contributed by atoms with van der Waals surface area (Å²) in [5, 5.41) is 13.5. The number of piperidine rings is 1. The largest absolute Gasteiger partial charge is 0.419 e. The standard InChI is InChI=1S/C24H23F4N5O/c1-15-10-12-33(13-11-15)22-9-8-21(31-32-22)16-2-4-17(5-3-16)29-23(34)30-18-6-7-20(25)19(14-18)24(26,27)28/h2-9,14-15H,10-13H2,1H3,(H2,29,30,34). The highest BCUT2D eigenvalue weighted by Gasteiger charge is 2.34. The van der Waals surface area contributed by atoms with Gasteiger partial charge in [0.15, 0.2) is 5.82 Å². The molecule has 1 aromatic heterocycles. The Bertz CT molecular complexity index is 1140. The second-order valence-electron chi connectivity index (χ2n) is 8.30. The van der Waals surface area contributed by atoms with Crippen LogP contribution in [0, 0.1) is 11.7 Å². The third kappa shape index (κ3) is 5.62. The molecule has 1 fully saturated rings. The molecule has 34 heavy (non-hydrogen) atoms. The molecular weight excluding hydrogens is 450 g/mol. The first-order chi connectivity index (χ1) is 16.2. The minimum absolute atomic E-state index is 0.179. The lowest BCUT2D eigenvalue weighted by Gasteiger charge is -2.30. The number of alkyl halides is 3. The molecule has 2 N–H and O–H groups in total. The number of benzene rings is 2. The van der Waals surface area contributed by atoms with Crippen LogP contribution in [0.15, 0.2) is 54.6 Å². The van der Waals surface area contributed by atoms with Crippen molar-refractivity contribution in [1.29, 1.82) is 0 Å². The first-order valence-electron chi connectivity index (χ1n) is 10.8. The van der Waals surface area contributed by atoms with Crippen molar-refractivity contribution in [3.63, 3.8) is 0 Å². The van der Waals surface area contributed by atoms with E-state index in [2.05, 4.69) is 32.7 Å². The molecule has 1 aliphatic heterocycles. The van der Waals surface area contributed by atoms with E-state index >= 15 is 0 Å². The number of hydrogen-bond acceptors (Lipinski definition) is 4. The summed E-state index contributed by atoms with van der Waals surface area (Å²) in [6.45, 7) is 4.18. The van der Waals surface area contributed by atoms with E-state index in [1.807, 2.05) is 12.1 Å². The van der Waals surface area contributed by atoms with Crippen LogP contribution in [0.5, 0.6) is 0 Å². The van der Waals surface area contributed by atoms with Gasteiger partial charge >= 0.3 is 12.2 Å². The van der Waals surface area contributed by atoms with E-state index in [-0.39, 0.29) is 5.69 Å². The third-order valence-electron chi connectivity index (χ3n) is 5.73. The van der Waals surface area contributed by atoms with Gasteiger partial charge in [0.05, 0.1) is 11.3 Å². The number of halogens is 4. The summed E-state index contributed by atoms with van der Waals surface area (Å²) in [4.78, 5) is 14.4. The molecule has 178 valence electrons. The minimum atomic E-state index is -4.86. The van der Waals surface area contributed by atoms with E-state index in [0.717, 1.165) is 49.3 Å². The van der Waals surface area contributed by atoms with Crippen LogP contribution in [0.1, 0.15) is 25.3 Å². The second-order valence-corrected chi connectivity index (χ2v) is 8.30. The Morgan fingerprint density at radius 2 is 1.59 bits per heavy atom. The SMILES string of the molecule is CC1CCN(c2ccc(-c3ccc(NC(=O)Nc4ccc(F)c(C(F)(F)F)c4)cc3)nn2)CC1. The van der Waals surface area contributed by atoms with E-state index in [0.29, 0.717) is 23.5 Å². The first kappa shape index (κ1) is 23.5. The zero-order valence-corrected chi connectivity index (χ0v) is 18.4. The number of carbonyl (C=O) groups is 1. The van der Waals surface area contributed by atoms with Gasteiger partial charge in [0.1, 0.15) is 5.82 Å². The fraction of sp³-hybridized carbons (Fsp3) is 0.292. The summed E-state index contributed by atoms with van der Waals surface area (Å²) in [6.07, 6.45) is -2.59. The molecule has 1 aliphatic rings. The third-order valence-corrected chi connectivity index (χ3v) is 5.73. The van der Waals surface area contributed by atoms with Gasteiger partial charge in [0.2, 0.25) is 0 Å². The summed E-state index contributed by atoms with van der Waals surface area (Å²) in [6, 6.07) is 12.1. The molecule has 2 aromatic carbocycles. The Hall–Kier alpha value is -3.69. The predicted octanol–water partition coefficient (Wildman–Crippen LogP) is 6.18. The lowest BCUT2D eigenvalue weighted by atomic mass is 9.99. The van der Waals surface area contributed by atoms with Gasteiger partial charge < -0.3 is 15.5 Å². The summed E-state index contributed by atoms with van der Waals surface area (Å²) in [5.41, 5.74) is 0.270. The second kappa shape index (κ2) is 9.66. The number of urea groups is 1. The smallest absolute Gasteiger partial charge is 0.355 e. The van der Waals surface area contributed by atoms with Crippen molar-refractivity contribution in [3.05, 3.63) is 66.0 Å². The Kier molecular flexibility index (Phi) is 6.67. The molecular formula is C24H23F4N5O. The maximum Gasteiger partial charge on any atom is 0.419 e. The Morgan fingerprint density at radius 3 is 2.21 bits per heavy atom. The average molecular weight is 473 g/mol. The summed E-state index contributed by atoms with van der Waals surface area (Å²) in [7, 11) is 0. The van der Waals surface area contributed by atoms with Crippen LogP contribution in [0.2, 0.25) is 0 Å². The van der Waals surface area contributed by atoms with Crippen molar-refractivity contribution in [2.24, 2.45) is 5.92 Å². The average Bonchev–Trinajstić information content (AvgIpc) is 2.81. The van der Waals surface area contributed by atoms with Gasteiger partial charge in [0, 0.05) is 30.0 Å². The molecule has 0 saturated carbocycles. The van der Waals surface area contributed by atoms with E-state index in [1.165, 1.54) is 0 Å². The van der Waals surface area contributed by atoms with Crippen LogP contribution in [0.4, 0.5) is 39.5 Å². The zero-order valence-electron chi connectivity index (χ0n) is 18.4. The van der Waals surface area contributed by atoms with Crippen molar-refractivity contribution >= 4 is 23.2 Å². The summed E-state index contributed by atoms with van der Waals surface area (Å²) >= 11 is 0. The van der Waals surface area contributed by atoms with Gasteiger partial charge in [-0.2, -0.15) is 13.2 Å². The monoisotopic (exact) mass is 473 g/mol. The van der Waals surface area contributed by atoms with E-state index in [1.54, 1.807) is 24.3 Å². The molecule has 0 spiro atoms. The van der Waals surface area contributed by atoms with Gasteiger partial charge in [0.25, 0.3) is 0 Å². The molecule has 1 saturated heterocycles. The number of aromatic nitrogens is 2. The number of rotatable bonds is 4. The lowest BCUT2D eigenvalue weighted by molar-refractivity contribution is -0.139. The molecule has 2 heterocycles. The van der Waals surface area contributed by atoms with Gasteiger partial charge in [-0.25, -0.2) is 9.18 Å². The number of nitrogens with zero attached hydrogens (tertiary/aromatic N) is 3. The molecule has 0 radical (unpaired) electrons. The van der Waals surface area contributed by atoms with Crippen LogP contribution in [-0.2, 0) is 6.18 Å². The number of nitrogens with one attached hydrogen (secondary N) is 2. The van der Waals surface area contributed by atoms with Gasteiger partial charge in [-0.15, -0.1) is 10.2 Å². The predicted molar refractivity (Wildman–Crippen MR) is 122 cm³/mol. The van der Waals surface area contributed by atoms with Gasteiger partial charge in [-0.3, -0.25) is 0 Å². The quantitative estimate of drug-likeness (QED) is 0.444. The maximum atomic E-state index is 13.4. The van der Waals surface area contributed by atoms with Crippen LogP contribution in [0.3, 0.4) is 0 Å². The highest BCUT2D eigenvalue weighted by atomic mass is 19.4. The van der Waals surface area contributed by atoms with Crippen LogP contribution in [0.25, 0.3) is 11.3 Å². The fourth-order valence-corrected chi connectivity index (χ4v) is 3.72. The van der Waals surface area contributed by atoms with Crippen LogP contribution >= 0.6 is 0 Å². The summed E-state index contributed by atoms with van der Waals surface area (Å²) in [5.74, 6) is 0.168. The molecule has 0 atom stereocenters. The van der Waals surface area contributed by atoms with E-state index < -0.39 is 23.6 Å². The normalized spacial score (nSPS) is 14.7. The Labute approximate surface area is 194 Å². The molecule has 6 nitrogen and oxygen atoms in total. The van der Waals surface area contributed by atoms with Crippen molar-refractivity contribution in [2.45, 2.75) is 25.9 Å². The van der Waals surface area contributed by atoms with Crippen molar-refractivity contribution in [1.82, 2.24) is 10.2 Å². The van der Waals surface area contributed by atoms with Crippen molar-refractivity contribution in [2.75, 3.05) is 28.6 Å². The Balaban J connectivity index is 1.37. The molecule has 2 amide bonds. The zero-order chi connectivity index (χ0) is 24.3. The molecule has 3 aromatic rings. The summed E-state index contributed by atoms with van der Waals surface area (Å²) < 4.78 is 51.9. The lowest BCUT2D eigenvalue weighted by Crippen LogP contribution is -2.33. The fourth-order valence-electron chi connectivity index (χ4n) is 3.72.